The fraction of sp³-hybridized carbons (Fsp3) is 0.158. The van der Waals surface area contributed by atoms with Crippen LogP contribution in [0.4, 0.5) is 5.69 Å². The number of para-hydroxylation sites is 1. The van der Waals surface area contributed by atoms with Gasteiger partial charge < -0.3 is 4.90 Å². The van der Waals surface area contributed by atoms with Crippen LogP contribution in [0.1, 0.15) is 23.0 Å². The highest BCUT2D eigenvalue weighted by atomic mass is 35.5. The summed E-state index contributed by atoms with van der Waals surface area (Å²) in [5.74, 6) is -0.0711. The third-order valence-electron chi connectivity index (χ3n) is 4.38. The average molecular weight is 338 g/mol. The molecule has 0 aliphatic carbocycles. The highest BCUT2D eigenvalue weighted by molar-refractivity contribution is 6.33. The lowest BCUT2D eigenvalue weighted by Gasteiger charge is -2.21. The fourth-order valence-corrected chi connectivity index (χ4v) is 3.48. The van der Waals surface area contributed by atoms with Crippen molar-refractivity contribution in [2.45, 2.75) is 19.4 Å². The number of rotatable bonds is 2. The van der Waals surface area contributed by atoms with E-state index in [0.29, 0.717) is 16.4 Å². The van der Waals surface area contributed by atoms with Crippen LogP contribution in [-0.4, -0.2) is 22.1 Å². The Morgan fingerprint density at radius 2 is 1.96 bits per heavy atom. The van der Waals surface area contributed by atoms with E-state index in [1.54, 1.807) is 6.07 Å². The number of fused-ring (bicyclic) bond motifs is 1. The van der Waals surface area contributed by atoms with Gasteiger partial charge in [-0.2, -0.15) is 5.10 Å². The zero-order chi connectivity index (χ0) is 16.7. The van der Waals surface area contributed by atoms with Crippen molar-refractivity contribution >= 4 is 23.2 Å². The topological polar surface area (TPSA) is 49.0 Å². The van der Waals surface area contributed by atoms with Crippen molar-refractivity contribution in [2.24, 2.45) is 0 Å². The van der Waals surface area contributed by atoms with Crippen LogP contribution in [0, 0.1) is 0 Å². The Morgan fingerprint density at radius 1 is 1.21 bits per heavy atom. The van der Waals surface area contributed by atoms with Crippen LogP contribution >= 0.6 is 11.6 Å². The summed E-state index contributed by atoms with van der Waals surface area (Å²) >= 11 is 6.22. The minimum atomic E-state index is -0.0711. The maximum Gasteiger partial charge on any atom is 0.276 e. The summed E-state index contributed by atoms with van der Waals surface area (Å²) in [4.78, 5) is 14.8. The Balaban J connectivity index is 1.68. The van der Waals surface area contributed by atoms with E-state index >= 15 is 0 Å². The van der Waals surface area contributed by atoms with E-state index in [0.717, 1.165) is 17.7 Å². The van der Waals surface area contributed by atoms with Gasteiger partial charge in [-0.25, -0.2) is 0 Å². The van der Waals surface area contributed by atoms with Crippen molar-refractivity contribution in [3.8, 4) is 11.3 Å². The molecule has 1 unspecified atom stereocenters. The molecular weight excluding hydrogens is 322 g/mol. The van der Waals surface area contributed by atoms with Crippen LogP contribution in [0.3, 0.4) is 0 Å². The van der Waals surface area contributed by atoms with E-state index in [-0.39, 0.29) is 11.9 Å². The summed E-state index contributed by atoms with van der Waals surface area (Å²) in [6.45, 7) is 2.06. The van der Waals surface area contributed by atoms with Gasteiger partial charge in [0.25, 0.3) is 5.91 Å². The molecule has 4 nitrogen and oxygen atoms in total. The molecule has 0 bridgehead atoms. The Morgan fingerprint density at radius 3 is 2.79 bits per heavy atom. The van der Waals surface area contributed by atoms with Gasteiger partial charge >= 0.3 is 0 Å². The van der Waals surface area contributed by atoms with Gasteiger partial charge in [-0.1, -0.05) is 48.0 Å². The standard InChI is InChI=1S/C19H16ClN3O/c1-12-10-13-6-2-5-9-18(13)23(12)19(24)17-11-16(21-22-17)14-7-3-4-8-15(14)20/h2-9,11-12H,10H2,1H3,(H,21,22). The molecule has 1 atom stereocenters. The van der Waals surface area contributed by atoms with Gasteiger partial charge in [0, 0.05) is 17.3 Å². The number of halogens is 1. The fourth-order valence-electron chi connectivity index (χ4n) is 3.24. The quantitative estimate of drug-likeness (QED) is 0.757. The molecule has 1 aliphatic heterocycles. The highest BCUT2D eigenvalue weighted by Crippen LogP contribution is 2.33. The molecule has 5 heteroatoms. The number of H-pyrrole nitrogens is 1. The highest BCUT2D eigenvalue weighted by Gasteiger charge is 2.32. The molecule has 0 saturated carbocycles. The summed E-state index contributed by atoms with van der Waals surface area (Å²) in [5.41, 5.74) is 4.12. The third-order valence-corrected chi connectivity index (χ3v) is 4.71. The zero-order valence-corrected chi connectivity index (χ0v) is 13.9. The van der Waals surface area contributed by atoms with Gasteiger partial charge in [0.05, 0.1) is 10.7 Å². The largest absolute Gasteiger partial charge is 0.304 e. The monoisotopic (exact) mass is 337 g/mol. The molecule has 4 rings (SSSR count). The van der Waals surface area contributed by atoms with Crippen LogP contribution < -0.4 is 4.90 Å². The molecule has 1 amide bonds. The first-order valence-electron chi connectivity index (χ1n) is 7.87. The van der Waals surface area contributed by atoms with Gasteiger partial charge in [-0.3, -0.25) is 9.89 Å². The van der Waals surface area contributed by atoms with Gasteiger partial charge in [0.15, 0.2) is 0 Å². The molecule has 2 aromatic carbocycles. The number of nitrogens with one attached hydrogen (secondary N) is 1. The second-order valence-electron chi connectivity index (χ2n) is 6.00. The number of aromatic nitrogens is 2. The molecular formula is C19H16ClN3O. The molecule has 0 fully saturated rings. The second kappa shape index (κ2) is 5.80. The van der Waals surface area contributed by atoms with Gasteiger partial charge in [-0.05, 0) is 37.1 Å². The van der Waals surface area contributed by atoms with Gasteiger partial charge in [-0.15, -0.1) is 0 Å². The average Bonchev–Trinajstić information content (AvgIpc) is 3.18. The minimum Gasteiger partial charge on any atom is -0.304 e. The maximum absolute atomic E-state index is 13.0. The van der Waals surface area contributed by atoms with Crippen molar-refractivity contribution in [1.29, 1.82) is 0 Å². The number of carbonyl (C=O) groups excluding carboxylic acids is 1. The predicted octanol–water partition coefficient (Wildman–Crippen LogP) is 4.32. The molecule has 1 aromatic heterocycles. The number of nitrogens with zero attached hydrogens (tertiary/aromatic N) is 2. The molecule has 3 aromatic rings. The van der Waals surface area contributed by atoms with E-state index < -0.39 is 0 Å². The third kappa shape index (κ3) is 2.39. The maximum atomic E-state index is 13.0. The lowest BCUT2D eigenvalue weighted by Crippen LogP contribution is -2.35. The van der Waals surface area contributed by atoms with Crippen molar-refractivity contribution in [2.75, 3.05) is 4.90 Å². The molecule has 0 saturated heterocycles. The first kappa shape index (κ1) is 15.0. The summed E-state index contributed by atoms with van der Waals surface area (Å²) < 4.78 is 0. The van der Waals surface area contributed by atoms with E-state index in [1.807, 2.05) is 47.4 Å². The number of anilines is 1. The Labute approximate surface area is 145 Å². The smallest absolute Gasteiger partial charge is 0.276 e. The number of aromatic amines is 1. The normalized spacial score (nSPS) is 16.2. The summed E-state index contributed by atoms with van der Waals surface area (Å²) in [5, 5.41) is 7.74. The number of benzene rings is 2. The number of hydrogen-bond acceptors (Lipinski definition) is 2. The van der Waals surface area contributed by atoms with Crippen LogP contribution in [-0.2, 0) is 6.42 Å². The van der Waals surface area contributed by atoms with Crippen molar-refractivity contribution < 1.29 is 4.79 Å². The van der Waals surface area contributed by atoms with Crippen molar-refractivity contribution in [3.05, 3.63) is 70.9 Å². The lowest BCUT2D eigenvalue weighted by atomic mass is 10.1. The first-order chi connectivity index (χ1) is 11.6. The summed E-state index contributed by atoms with van der Waals surface area (Å²) in [7, 11) is 0. The lowest BCUT2D eigenvalue weighted by molar-refractivity contribution is 0.0976. The first-order valence-corrected chi connectivity index (χ1v) is 8.24. The molecule has 120 valence electrons. The second-order valence-corrected chi connectivity index (χ2v) is 6.41. The van der Waals surface area contributed by atoms with E-state index in [4.69, 9.17) is 11.6 Å². The molecule has 1 N–H and O–H groups in total. The van der Waals surface area contributed by atoms with Crippen molar-refractivity contribution in [1.82, 2.24) is 10.2 Å². The minimum absolute atomic E-state index is 0.0711. The van der Waals surface area contributed by atoms with Crippen LogP contribution in [0.5, 0.6) is 0 Å². The molecule has 2 heterocycles. The van der Waals surface area contributed by atoms with E-state index in [1.165, 1.54) is 5.56 Å². The number of amides is 1. The van der Waals surface area contributed by atoms with E-state index in [9.17, 15) is 4.79 Å². The Kier molecular flexibility index (Phi) is 3.62. The summed E-state index contributed by atoms with van der Waals surface area (Å²) in [6, 6.07) is 17.4. The van der Waals surface area contributed by atoms with E-state index in [2.05, 4.69) is 23.2 Å². The Hall–Kier alpha value is -2.59. The number of carbonyl (C=O) groups is 1. The SMILES string of the molecule is CC1Cc2ccccc2N1C(=O)c1cc(-c2ccccc2Cl)n[nH]1. The van der Waals surface area contributed by atoms with Gasteiger partial charge in [0.2, 0.25) is 0 Å². The number of hydrogen-bond donors (Lipinski definition) is 1. The molecule has 1 aliphatic rings. The van der Waals surface area contributed by atoms with Crippen LogP contribution in [0.25, 0.3) is 11.3 Å². The van der Waals surface area contributed by atoms with Crippen LogP contribution in [0.2, 0.25) is 5.02 Å². The van der Waals surface area contributed by atoms with Gasteiger partial charge in [0.1, 0.15) is 5.69 Å². The molecule has 0 spiro atoms. The zero-order valence-electron chi connectivity index (χ0n) is 13.2. The van der Waals surface area contributed by atoms with Crippen molar-refractivity contribution in [3.63, 3.8) is 0 Å². The Bertz CT molecular complexity index is 918. The molecule has 0 radical (unpaired) electrons. The van der Waals surface area contributed by atoms with Crippen LogP contribution in [0.15, 0.2) is 54.6 Å². The molecule has 24 heavy (non-hydrogen) atoms. The predicted molar refractivity (Wildman–Crippen MR) is 95.5 cm³/mol. The summed E-state index contributed by atoms with van der Waals surface area (Å²) in [6.07, 6.45) is 0.868.